The van der Waals surface area contributed by atoms with Crippen LogP contribution in [0.3, 0.4) is 0 Å². The quantitative estimate of drug-likeness (QED) is 0.803. The van der Waals surface area contributed by atoms with Gasteiger partial charge in [-0.2, -0.15) is 0 Å². The fourth-order valence-corrected chi connectivity index (χ4v) is 1.23. The first-order chi connectivity index (χ1) is 7.34. The smallest absolute Gasteiger partial charge is 0.220 e. The predicted octanol–water partition coefficient (Wildman–Crippen LogP) is 2.23. The number of hydrogen-bond donors (Lipinski definition) is 1. The van der Waals surface area contributed by atoms with Crippen molar-refractivity contribution in [3.63, 3.8) is 0 Å². The Morgan fingerprint density at radius 1 is 1.00 bits per heavy atom. The molecule has 3 nitrogen and oxygen atoms in total. The summed E-state index contributed by atoms with van der Waals surface area (Å²) >= 11 is 0. The molecule has 74 valence electrons. The molecule has 1 aromatic carbocycles. The summed E-state index contributed by atoms with van der Waals surface area (Å²) in [4.78, 5) is 7.90. The Morgan fingerprint density at radius 3 is 2.53 bits per heavy atom. The van der Waals surface area contributed by atoms with Crippen molar-refractivity contribution in [2.75, 3.05) is 5.73 Å². The number of nitrogen functional groups attached to an aromatic ring is 1. The minimum Gasteiger partial charge on any atom is -0.368 e. The van der Waals surface area contributed by atoms with Gasteiger partial charge in [0.2, 0.25) is 5.95 Å². The molecule has 0 bridgehead atoms. The van der Waals surface area contributed by atoms with Crippen LogP contribution in [0.5, 0.6) is 0 Å². The van der Waals surface area contributed by atoms with Crippen molar-refractivity contribution in [3.8, 4) is 0 Å². The highest BCUT2D eigenvalue weighted by Gasteiger charge is 1.90. The summed E-state index contributed by atoms with van der Waals surface area (Å²) in [5.41, 5.74) is 7.42. The maximum absolute atomic E-state index is 5.47. The van der Waals surface area contributed by atoms with E-state index in [0.717, 1.165) is 11.3 Å². The minimum absolute atomic E-state index is 0.296. The summed E-state index contributed by atoms with van der Waals surface area (Å²) in [6, 6.07) is 11.8. The topological polar surface area (TPSA) is 51.8 Å². The molecule has 0 radical (unpaired) electrons. The Labute approximate surface area is 88.3 Å². The number of hydrogen-bond acceptors (Lipinski definition) is 3. The monoisotopic (exact) mass is 197 g/mol. The lowest BCUT2D eigenvalue weighted by Crippen LogP contribution is -1.94. The van der Waals surface area contributed by atoms with E-state index in [0.29, 0.717) is 5.95 Å². The van der Waals surface area contributed by atoms with Gasteiger partial charge in [0.25, 0.3) is 0 Å². The van der Waals surface area contributed by atoms with E-state index in [4.69, 9.17) is 5.73 Å². The van der Waals surface area contributed by atoms with Crippen LogP contribution in [0.15, 0.2) is 42.6 Å². The summed E-state index contributed by atoms with van der Waals surface area (Å²) in [7, 11) is 0. The van der Waals surface area contributed by atoms with Crippen LogP contribution in [0.4, 0.5) is 5.95 Å². The Hall–Kier alpha value is -2.16. The van der Waals surface area contributed by atoms with Gasteiger partial charge in [0.15, 0.2) is 0 Å². The molecule has 0 atom stereocenters. The van der Waals surface area contributed by atoms with Crippen LogP contribution in [0, 0.1) is 0 Å². The van der Waals surface area contributed by atoms with Gasteiger partial charge in [-0.3, -0.25) is 0 Å². The van der Waals surface area contributed by atoms with Crippen LogP contribution in [0.25, 0.3) is 12.2 Å². The van der Waals surface area contributed by atoms with Crippen molar-refractivity contribution < 1.29 is 0 Å². The van der Waals surface area contributed by atoms with E-state index in [1.165, 1.54) is 0 Å². The first-order valence-corrected chi connectivity index (χ1v) is 4.66. The fraction of sp³-hybridized carbons (Fsp3) is 0. The summed E-state index contributed by atoms with van der Waals surface area (Å²) < 4.78 is 0. The largest absolute Gasteiger partial charge is 0.368 e. The molecule has 0 aliphatic heterocycles. The zero-order valence-electron chi connectivity index (χ0n) is 8.17. The van der Waals surface area contributed by atoms with E-state index >= 15 is 0 Å². The van der Waals surface area contributed by atoms with Gasteiger partial charge >= 0.3 is 0 Å². The molecule has 2 N–H and O–H groups in total. The average Bonchev–Trinajstić information content (AvgIpc) is 2.28. The fourth-order valence-electron chi connectivity index (χ4n) is 1.23. The lowest BCUT2D eigenvalue weighted by molar-refractivity contribution is 1.17. The van der Waals surface area contributed by atoms with Crippen LogP contribution >= 0.6 is 0 Å². The van der Waals surface area contributed by atoms with Crippen LogP contribution < -0.4 is 5.73 Å². The Morgan fingerprint density at radius 2 is 1.80 bits per heavy atom. The normalized spacial score (nSPS) is 10.7. The third-order valence-electron chi connectivity index (χ3n) is 1.94. The number of nitrogens with two attached hydrogens (primary N) is 1. The summed E-state index contributed by atoms with van der Waals surface area (Å²) in [6.45, 7) is 0. The van der Waals surface area contributed by atoms with Crippen molar-refractivity contribution in [2.24, 2.45) is 0 Å². The maximum Gasteiger partial charge on any atom is 0.220 e. The van der Waals surface area contributed by atoms with Gasteiger partial charge in [-0.1, -0.05) is 36.4 Å². The van der Waals surface area contributed by atoms with Gasteiger partial charge in [-0.25, -0.2) is 9.97 Å². The molecular weight excluding hydrogens is 186 g/mol. The first kappa shape index (κ1) is 9.40. The van der Waals surface area contributed by atoms with Crippen LogP contribution in [0.1, 0.15) is 11.3 Å². The second kappa shape index (κ2) is 4.37. The Kier molecular flexibility index (Phi) is 2.74. The van der Waals surface area contributed by atoms with Gasteiger partial charge in [0, 0.05) is 6.20 Å². The van der Waals surface area contributed by atoms with E-state index in [9.17, 15) is 0 Å². The van der Waals surface area contributed by atoms with Crippen molar-refractivity contribution in [1.82, 2.24) is 9.97 Å². The molecule has 2 aromatic rings. The summed E-state index contributed by atoms with van der Waals surface area (Å²) in [5.74, 6) is 0.296. The predicted molar refractivity (Wildman–Crippen MR) is 61.8 cm³/mol. The van der Waals surface area contributed by atoms with Crippen LogP contribution in [-0.4, -0.2) is 9.97 Å². The third kappa shape index (κ3) is 2.64. The SMILES string of the molecule is Nc1nccc(C=Cc2ccccc2)n1. The molecule has 2 rings (SSSR count). The molecule has 3 heteroatoms. The summed E-state index contributed by atoms with van der Waals surface area (Å²) in [6.07, 6.45) is 5.54. The van der Waals surface area contributed by atoms with E-state index in [1.54, 1.807) is 6.20 Å². The second-order valence-electron chi connectivity index (χ2n) is 3.08. The van der Waals surface area contributed by atoms with Crippen LogP contribution in [-0.2, 0) is 0 Å². The highest BCUT2D eigenvalue weighted by atomic mass is 15.0. The number of rotatable bonds is 2. The van der Waals surface area contributed by atoms with Gasteiger partial charge < -0.3 is 5.73 Å². The minimum atomic E-state index is 0.296. The van der Waals surface area contributed by atoms with Gasteiger partial charge in [0.1, 0.15) is 0 Å². The maximum atomic E-state index is 5.47. The molecule has 15 heavy (non-hydrogen) atoms. The molecule has 0 saturated heterocycles. The summed E-state index contributed by atoms with van der Waals surface area (Å²) in [5, 5.41) is 0. The van der Waals surface area contributed by atoms with Crippen molar-refractivity contribution >= 4 is 18.1 Å². The number of nitrogens with zero attached hydrogens (tertiary/aromatic N) is 2. The molecule has 1 heterocycles. The van der Waals surface area contributed by atoms with Crippen LogP contribution in [0.2, 0.25) is 0 Å². The molecule has 0 amide bonds. The van der Waals surface area contributed by atoms with Crippen molar-refractivity contribution in [3.05, 3.63) is 53.9 Å². The lowest BCUT2D eigenvalue weighted by atomic mass is 10.2. The number of anilines is 1. The van der Waals surface area contributed by atoms with Gasteiger partial charge in [-0.05, 0) is 17.7 Å². The third-order valence-corrected chi connectivity index (χ3v) is 1.94. The standard InChI is InChI=1S/C12H11N3/c13-12-14-9-8-11(15-12)7-6-10-4-2-1-3-5-10/h1-9H,(H2,13,14,15). The van der Waals surface area contributed by atoms with E-state index < -0.39 is 0 Å². The van der Waals surface area contributed by atoms with Crippen molar-refractivity contribution in [1.29, 1.82) is 0 Å². The lowest BCUT2D eigenvalue weighted by Gasteiger charge is -1.94. The Bertz CT molecular complexity index is 463. The molecule has 0 aliphatic carbocycles. The molecule has 0 fully saturated rings. The number of benzene rings is 1. The van der Waals surface area contributed by atoms with Crippen molar-refractivity contribution in [2.45, 2.75) is 0 Å². The molecule has 0 unspecified atom stereocenters. The number of aromatic nitrogens is 2. The molecular formula is C12H11N3. The van der Waals surface area contributed by atoms with Gasteiger partial charge in [0.05, 0.1) is 5.69 Å². The van der Waals surface area contributed by atoms with E-state index in [-0.39, 0.29) is 0 Å². The van der Waals surface area contributed by atoms with E-state index in [1.807, 2.05) is 48.6 Å². The zero-order valence-corrected chi connectivity index (χ0v) is 8.17. The molecule has 1 aromatic heterocycles. The average molecular weight is 197 g/mol. The first-order valence-electron chi connectivity index (χ1n) is 4.66. The molecule has 0 spiro atoms. The van der Waals surface area contributed by atoms with E-state index in [2.05, 4.69) is 9.97 Å². The molecule has 0 aliphatic rings. The highest BCUT2D eigenvalue weighted by molar-refractivity contribution is 5.67. The zero-order chi connectivity index (χ0) is 10.5. The second-order valence-corrected chi connectivity index (χ2v) is 3.08. The van der Waals surface area contributed by atoms with Gasteiger partial charge in [-0.15, -0.1) is 0 Å². The Balaban J connectivity index is 2.19. The molecule has 0 saturated carbocycles. The highest BCUT2D eigenvalue weighted by Crippen LogP contribution is 2.05.